The summed E-state index contributed by atoms with van der Waals surface area (Å²) in [7, 11) is 0. The van der Waals surface area contributed by atoms with E-state index in [1.165, 1.54) is 35.5 Å². The van der Waals surface area contributed by atoms with Gasteiger partial charge in [0.1, 0.15) is 25.0 Å². The zero-order chi connectivity index (χ0) is 15.1. The van der Waals surface area contributed by atoms with Crippen molar-refractivity contribution < 1.29 is 14.3 Å². The molecule has 0 spiro atoms. The van der Waals surface area contributed by atoms with Gasteiger partial charge in [-0.05, 0) is 18.2 Å². The first-order valence-corrected chi connectivity index (χ1v) is 6.20. The van der Waals surface area contributed by atoms with Gasteiger partial charge in [-0.3, -0.25) is 4.79 Å². The molecule has 21 heavy (non-hydrogen) atoms. The number of benzene rings is 1. The number of amides is 1. The largest absolute Gasteiger partial charge is 0.395 e. The molecule has 0 fully saturated rings. The van der Waals surface area contributed by atoms with Crippen molar-refractivity contribution in [3.8, 4) is 11.8 Å². The van der Waals surface area contributed by atoms with Crippen LogP contribution in [0.25, 0.3) is 0 Å². The molecule has 0 aliphatic rings. The maximum Gasteiger partial charge on any atom is 0.246 e. The minimum atomic E-state index is -0.447. The van der Waals surface area contributed by atoms with Crippen LogP contribution in [-0.2, 0) is 11.3 Å². The summed E-state index contributed by atoms with van der Waals surface area (Å²) in [4.78, 5) is 15.6. The number of nitrogens with zero attached hydrogens (tertiary/aromatic N) is 3. The maximum atomic E-state index is 13.2. The zero-order valence-corrected chi connectivity index (χ0v) is 11.1. The lowest BCUT2D eigenvalue weighted by molar-refractivity contribution is -0.116. The van der Waals surface area contributed by atoms with Gasteiger partial charge in [0.05, 0.1) is 17.9 Å². The van der Waals surface area contributed by atoms with E-state index in [0.29, 0.717) is 11.3 Å². The Morgan fingerprint density at radius 2 is 2.33 bits per heavy atom. The van der Waals surface area contributed by atoms with Crippen LogP contribution in [-0.4, -0.2) is 32.4 Å². The highest BCUT2D eigenvalue weighted by atomic mass is 19.1. The van der Waals surface area contributed by atoms with E-state index in [4.69, 9.17) is 5.11 Å². The molecule has 6 nitrogen and oxygen atoms in total. The van der Waals surface area contributed by atoms with Crippen molar-refractivity contribution in [2.24, 2.45) is 0 Å². The molecule has 0 aliphatic carbocycles. The molecule has 0 saturated carbocycles. The van der Waals surface area contributed by atoms with Crippen LogP contribution in [0.15, 0.2) is 30.9 Å². The molecule has 2 aromatic rings. The number of rotatable bonds is 4. The highest BCUT2D eigenvalue weighted by molar-refractivity contribution is 5.91. The second-order valence-electron chi connectivity index (χ2n) is 4.11. The first-order valence-electron chi connectivity index (χ1n) is 6.20. The monoisotopic (exact) mass is 288 g/mol. The third-order valence-electron chi connectivity index (χ3n) is 2.49. The highest BCUT2D eigenvalue weighted by Crippen LogP contribution is 2.16. The summed E-state index contributed by atoms with van der Waals surface area (Å²) in [5.41, 5.74) is 0.766. The van der Waals surface area contributed by atoms with Crippen molar-refractivity contribution in [3.05, 3.63) is 42.2 Å². The number of hydrogen-bond acceptors (Lipinski definition) is 4. The Kier molecular flexibility index (Phi) is 5.01. The minimum Gasteiger partial charge on any atom is -0.395 e. The molecule has 1 heterocycles. The molecule has 0 saturated heterocycles. The molecular formula is C14H13FN4O2. The van der Waals surface area contributed by atoms with Crippen LogP contribution in [0.4, 0.5) is 10.1 Å². The fourth-order valence-electron chi connectivity index (χ4n) is 1.59. The lowest BCUT2D eigenvalue weighted by atomic mass is 10.1. The summed E-state index contributed by atoms with van der Waals surface area (Å²) < 4.78 is 14.6. The third-order valence-corrected chi connectivity index (χ3v) is 2.49. The van der Waals surface area contributed by atoms with E-state index in [1.807, 2.05) is 0 Å². The Labute approximate surface area is 120 Å². The smallest absolute Gasteiger partial charge is 0.246 e. The molecule has 0 bridgehead atoms. The van der Waals surface area contributed by atoms with E-state index in [1.54, 1.807) is 0 Å². The van der Waals surface area contributed by atoms with Gasteiger partial charge in [-0.25, -0.2) is 14.1 Å². The van der Waals surface area contributed by atoms with E-state index >= 15 is 0 Å². The topological polar surface area (TPSA) is 80.0 Å². The Hall–Kier alpha value is -2.72. The second kappa shape index (κ2) is 7.17. The fourth-order valence-corrected chi connectivity index (χ4v) is 1.59. The van der Waals surface area contributed by atoms with Crippen molar-refractivity contribution in [3.63, 3.8) is 0 Å². The average Bonchev–Trinajstić information content (AvgIpc) is 2.95. The Morgan fingerprint density at radius 1 is 1.48 bits per heavy atom. The molecule has 0 aliphatic heterocycles. The number of aliphatic hydroxyl groups excluding tert-OH is 1. The van der Waals surface area contributed by atoms with Crippen LogP contribution in [0, 0.1) is 17.7 Å². The lowest BCUT2D eigenvalue weighted by Crippen LogP contribution is -2.19. The number of halogens is 1. The molecule has 0 atom stereocenters. The predicted octanol–water partition coefficient (Wildman–Crippen LogP) is 0.790. The van der Waals surface area contributed by atoms with Crippen LogP contribution in [0.2, 0.25) is 0 Å². The normalized spacial score (nSPS) is 9.81. The van der Waals surface area contributed by atoms with E-state index in [0.717, 1.165) is 0 Å². The van der Waals surface area contributed by atoms with Crippen LogP contribution in [0.1, 0.15) is 12.0 Å². The van der Waals surface area contributed by atoms with Crippen LogP contribution < -0.4 is 5.32 Å². The molecular weight excluding hydrogens is 275 g/mol. The van der Waals surface area contributed by atoms with E-state index in [2.05, 4.69) is 27.2 Å². The SMILES string of the molecule is O=C(Cn1cncn1)Nc1ccc(F)cc1C#CCCO. The average molecular weight is 288 g/mol. The summed E-state index contributed by atoms with van der Waals surface area (Å²) in [6.07, 6.45) is 3.03. The van der Waals surface area contributed by atoms with Crippen LogP contribution in [0.5, 0.6) is 0 Å². The van der Waals surface area contributed by atoms with Crippen LogP contribution >= 0.6 is 0 Å². The number of anilines is 1. The number of aromatic nitrogens is 3. The van der Waals surface area contributed by atoms with Gasteiger partial charge in [0.25, 0.3) is 0 Å². The number of aliphatic hydroxyl groups is 1. The summed E-state index contributed by atoms with van der Waals surface area (Å²) in [6.45, 7) is -0.0722. The lowest BCUT2D eigenvalue weighted by Gasteiger charge is -2.07. The highest BCUT2D eigenvalue weighted by Gasteiger charge is 2.08. The van der Waals surface area contributed by atoms with Gasteiger partial charge < -0.3 is 10.4 Å². The van der Waals surface area contributed by atoms with Gasteiger partial charge in [0, 0.05) is 6.42 Å². The molecule has 1 amide bonds. The van der Waals surface area contributed by atoms with Crippen molar-refractivity contribution in [2.75, 3.05) is 11.9 Å². The summed E-state index contributed by atoms with van der Waals surface area (Å²) in [6, 6.07) is 3.91. The van der Waals surface area contributed by atoms with E-state index in [-0.39, 0.29) is 25.5 Å². The van der Waals surface area contributed by atoms with Gasteiger partial charge in [0.2, 0.25) is 5.91 Å². The first-order chi connectivity index (χ1) is 10.2. The third kappa shape index (κ3) is 4.40. The molecule has 0 radical (unpaired) electrons. The van der Waals surface area contributed by atoms with Gasteiger partial charge in [-0.15, -0.1) is 0 Å². The van der Waals surface area contributed by atoms with E-state index < -0.39 is 5.82 Å². The molecule has 2 N–H and O–H groups in total. The fraction of sp³-hybridized carbons (Fsp3) is 0.214. The minimum absolute atomic E-state index is 0.000878. The van der Waals surface area contributed by atoms with Gasteiger partial charge in [-0.1, -0.05) is 11.8 Å². The Balaban J connectivity index is 2.12. The van der Waals surface area contributed by atoms with Gasteiger partial charge >= 0.3 is 0 Å². The zero-order valence-electron chi connectivity index (χ0n) is 11.1. The second-order valence-corrected chi connectivity index (χ2v) is 4.11. The number of hydrogen-bond donors (Lipinski definition) is 2. The van der Waals surface area contributed by atoms with Crippen molar-refractivity contribution >= 4 is 11.6 Å². The molecule has 7 heteroatoms. The quantitative estimate of drug-likeness (QED) is 0.815. The maximum absolute atomic E-state index is 13.2. The molecule has 1 aromatic carbocycles. The number of carbonyl (C=O) groups is 1. The number of carbonyl (C=O) groups excluding carboxylic acids is 1. The summed E-state index contributed by atoms with van der Waals surface area (Å²) in [5, 5.41) is 15.2. The standard InChI is InChI=1S/C14H13FN4O2/c15-12-4-5-13(11(7-12)3-1-2-6-20)18-14(21)8-19-10-16-9-17-19/h4-5,7,9-10,20H,2,6,8H2,(H,18,21). The molecule has 2 rings (SSSR count). The molecule has 0 unspecified atom stereocenters. The van der Waals surface area contributed by atoms with Crippen molar-refractivity contribution in [1.82, 2.24) is 14.8 Å². The summed E-state index contributed by atoms with van der Waals surface area (Å²) >= 11 is 0. The van der Waals surface area contributed by atoms with E-state index in [9.17, 15) is 9.18 Å². The first kappa shape index (κ1) is 14.7. The van der Waals surface area contributed by atoms with Gasteiger partial charge in [0.15, 0.2) is 0 Å². The van der Waals surface area contributed by atoms with Gasteiger partial charge in [-0.2, -0.15) is 5.10 Å². The molecule has 1 aromatic heterocycles. The Bertz CT molecular complexity index is 674. The van der Waals surface area contributed by atoms with Crippen molar-refractivity contribution in [1.29, 1.82) is 0 Å². The van der Waals surface area contributed by atoms with Crippen molar-refractivity contribution in [2.45, 2.75) is 13.0 Å². The predicted molar refractivity (Wildman–Crippen MR) is 73.6 cm³/mol. The Morgan fingerprint density at radius 3 is 3.05 bits per heavy atom. The number of nitrogens with one attached hydrogen (secondary N) is 1. The molecule has 108 valence electrons. The van der Waals surface area contributed by atoms with Crippen LogP contribution in [0.3, 0.4) is 0 Å². The summed E-state index contributed by atoms with van der Waals surface area (Å²) in [5.74, 6) is 4.64.